The van der Waals surface area contributed by atoms with Crippen molar-refractivity contribution >= 4 is 71.5 Å². The number of aromatic nitrogens is 3. The molecule has 1 amide bonds. The number of hydrogen-bond acceptors (Lipinski definition) is 7. The summed E-state index contributed by atoms with van der Waals surface area (Å²) in [6, 6.07) is 12.1. The second kappa shape index (κ2) is 7.25. The first-order chi connectivity index (χ1) is 13.0. The molecule has 11 heteroatoms. The van der Waals surface area contributed by atoms with E-state index in [1.54, 1.807) is 0 Å². The van der Waals surface area contributed by atoms with Crippen molar-refractivity contribution < 1.29 is 9.72 Å². The lowest BCUT2D eigenvalue weighted by Gasteiger charge is -2.06. The van der Waals surface area contributed by atoms with Gasteiger partial charge in [-0.15, -0.1) is 10.2 Å². The minimum Gasteiger partial charge on any atom is -0.324 e. The second-order valence-electron chi connectivity index (χ2n) is 5.43. The highest BCUT2D eigenvalue weighted by Gasteiger charge is 2.15. The molecule has 4 aromatic rings. The van der Waals surface area contributed by atoms with E-state index >= 15 is 0 Å². The van der Waals surface area contributed by atoms with Gasteiger partial charge < -0.3 is 5.32 Å². The molecule has 0 unspecified atom stereocenters. The average molecular weight is 464 g/mol. The number of nitro groups is 1. The largest absolute Gasteiger partial charge is 0.324 e. The maximum absolute atomic E-state index is 12.3. The Morgan fingerprint density at radius 1 is 1.30 bits per heavy atom. The topological polar surface area (TPSA) is 102 Å². The number of nitro benzene ring substituents is 1. The van der Waals surface area contributed by atoms with Crippen LogP contribution in [0.3, 0.4) is 0 Å². The van der Waals surface area contributed by atoms with Crippen LogP contribution in [-0.2, 0) is 4.79 Å². The van der Waals surface area contributed by atoms with E-state index in [9.17, 15) is 14.9 Å². The third kappa shape index (κ3) is 3.53. The second-order valence-corrected chi connectivity index (χ2v) is 8.23. The van der Waals surface area contributed by atoms with E-state index in [2.05, 4.69) is 31.4 Å². The molecule has 0 aliphatic rings. The van der Waals surface area contributed by atoms with E-state index in [1.165, 1.54) is 41.3 Å². The number of rotatable bonds is 5. The highest BCUT2D eigenvalue weighted by Crippen LogP contribution is 2.30. The molecule has 2 heterocycles. The Balaban J connectivity index is 1.48. The van der Waals surface area contributed by atoms with Crippen LogP contribution >= 0.6 is 39.0 Å². The molecule has 0 radical (unpaired) electrons. The fourth-order valence-corrected chi connectivity index (χ4v) is 4.72. The van der Waals surface area contributed by atoms with Crippen molar-refractivity contribution in [2.45, 2.75) is 5.16 Å². The number of carbonyl (C=O) groups excluding carboxylic acids is 1. The number of non-ortho nitro benzene ring substituents is 1. The summed E-state index contributed by atoms with van der Waals surface area (Å²) in [6.45, 7) is 0. The molecule has 0 saturated carbocycles. The number of fused-ring (bicyclic) bond motifs is 3. The summed E-state index contributed by atoms with van der Waals surface area (Å²) >= 11 is 6.05. The van der Waals surface area contributed by atoms with Gasteiger partial charge in [-0.1, -0.05) is 35.2 Å². The number of thioether (sulfide) groups is 1. The van der Waals surface area contributed by atoms with E-state index in [4.69, 9.17) is 0 Å². The Bertz CT molecular complexity index is 1190. The number of benzene rings is 2. The van der Waals surface area contributed by atoms with Gasteiger partial charge in [-0.25, -0.2) is 0 Å². The van der Waals surface area contributed by atoms with Gasteiger partial charge in [0.15, 0.2) is 5.16 Å². The lowest BCUT2D eigenvalue weighted by Crippen LogP contribution is -2.14. The Labute approximate surface area is 168 Å². The third-order valence-corrected chi connectivity index (χ3v) is 6.28. The van der Waals surface area contributed by atoms with Crippen molar-refractivity contribution in [3.63, 3.8) is 0 Å². The van der Waals surface area contributed by atoms with Crippen molar-refractivity contribution in [1.82, 2.24) is 14.6 Å². The normalized spacial score (nSPS) is 11.1. The summed E-state index contributed by atoms with van der Waals surface area (Å²) in [4.78, 5) is 23.3. The predicted octanol–water partition coefficient (Wildman–Crippen LogP) is 4.35. The lowest BCUT2D eigenvalue weighted by molar-refractivity contribution is -0.384. The molecule has 0 aliphatic heterocycles. The monoisotopic (exact) mass is 463 g/mol. The van der Waals surface area contributed by atoms with Gasteiger partial charge in [-0.2, -0.15) is 0 Å². The van der Waals surface area contributed by atoms with Crippen molar-refractivity contribution in [3.8, 4) is 0 Å². The molecule has 0 saturated heterocycles. The van der Waals surface area contributed by atoms with Gasteiger partial charge in [0.1, 0.15) is 0 Å². The van der Waals surface area contributed by atoms with Crippen molar-refractivity contribution in [2.75, 3.05) is 11.1 Å². The molecule has 0 bridgehead atoms. The molecule has 27 heavy (non-hydrogen) atoms. The minimum atomic E-state index is -0.492. The van der Waals surface area contributed by atoms with E-state index < -0.39 is 4.92 Å². The molecule has 1 N–H and O–H groups in total. The van der Waals surface area contributed by atoms with E-state index in [0.717, 1.165) is 15.2 Å². The standard InChI is InChI=1S/C16H10BrN5O3S2/c17-10-7-9(22(24)25)5-6-11(10)18-14(23)8-26-15-19-20-16-21(15)12-3-1-2-4-13(12)27-16/h1-7H,8H2,(H,18,23). The summed E-state index contributed by atoms with van der Waals surface area (Å²) in [6.07, 6.45) is 0. The number of para-hydroxylation sites is 1. The van der Waals surface area contributed by atoms with Crippen molar-refractivity contribution in [1.29, 1.82) is 0 Å². The van der Waals surface area contributed by atoms with Crippen LogP contribution in [0.4, 0.5) is 11.4 Å². The summed E-state index contributed by atoms with van der Waals surface area (Å²) in [5.74, 6) is -0.111. The Kier molecular flexibility index (Phi) is 4.81. The zero-order chi connectivity index (χ0) is 19.0. The molecule has 0 fully saturated rings. The van der Waals surface area contributed by atoms with E-state index in [0.29, 0.717) is 15.3 Å². The van der Waals surface area contributed by atoms with Crippen molar-refractivity contribution in [3.05, 3.63) is 57.1 Å². The Hall–Kier alpha value is -2.50. The highest BCUT2D eigenvalue weighted by atomic mass is 79.9. The summed E-state index contributed by atoms with van der Waals surface area (Å²) in [7, 11) is 0. The zero-order valence-electron chi connectivity index (χ0n) is 13.5. The fourth-order valence-electron chi connectivity index (χ4n) is 2.48. The number of halogens is 1. The third-order valence-electron chi connectivity index (χ3n) is 3.68. The average Bonchev–Trinajstić information content (AvgIpc) is 3.20. The minimum absolute atomic E-state index is 0.0514. The molecule has 2 aromatic heterocycles. The van der Waals surface area contributed by atoms with Gasteiger partial charge in [-0.05, 0) is 34.1 Å². The van der Waals surface area contributed by atoms with Crippen LogP contribution in [0.15, 0.2) is 52.1 Å². The van der Waals surface area contributed by atoms with Gasteiger partial charge in [0, 0.05) is 16.6 Å². The quantitative estimate of drug-likeness (QED) is 0.268. The van der Waals surface area contributed by atoms with Crippen LogP contribution in [0.1, 0.15) is 0 Å². The highest BCUT2D eigenvalue weighted by molar-refractivity contribution is 9.10. The maximum Gasteiger partial charge on any atom is 0.270 e. The van der Waals surface area contributed by atoms with Crippen LogP contribution in [0.2, 0.25) is 0 Å². The molecule has 0 atom stereocenters. The van der Waals surface area contributed by atoms with Crippen molar-refractivity contribution in [2.24, 2.45) is 0 Å². The first-order valence-corrected chi connectivity index (χ1v) is 10.2. The number of thiazole rings is 1. The molecule has 2 aromatic carbocycles. The summed E-state index contributed by atoms with van der Waals surface area (Å²) in [5, 5.41) is 22.5. The number of amides is 1. The van der Waals surface area contributed by atoms with Gasteiger partial charge in [-0.3, -0.25) is 19.3 Å². The van der Waals surface area contributed by atoms with Gasteiger partial charge >= 0.3 is 0 Å². The van der Waals surface area contributed by atoms with Gasteiger partial charge in [0.25, 0.3) is 5.69 Å². The number of carbonyl (C=O) groups is 1. The fraction of sp³-hybridized carbons (Fsp3) is 0.0625. The van der Waals surface area contributed by atoms with Crippen LogP contribution < -0.4 is 5.32 Å². The first kappa shape index (κ1) is 17.9. The van der Waals surface area contributed by atoms with Gasteiger partial charge in [0.2, 0.25) is 10.9 Å². The zero-order valence-corrected chi connectivity index (χ0v) is 16.7. The summed E-state index contributed by atoms with van der Waals surface area (Å²) < 4.78 is 3.48. The first-order valence-electron chi connectivity index (χ1n) is 7.62. The smallest absolute Gasteiger partial charge is 0.270 e. The molecule has 8 nitrogen and oxygen atoms in total. The van der Waals surface area contributed by atoms with Crippen LogP contribution in [-0.4, -0.2) is 31.2 Å². The Morgan fingerprint density at radius 2 is 2.11 bits per heavy atom. The van der Waals surface area contributed by atoms with Crippen LogP contribution in [0.25, 0.3) is 15.2 Å². The molecular formula is C16H10BrN5O3S2. The van der Waals surface area contributed by atoms with E-state index in [1.807, 2.05) is 28.7 Å². The number of nitrogens with zero attached hydrogens (tertiary/aromatic N) is 4. The number of hydrogen-bond donors (Lipinski definition) is 1. The molecule has 0 aliphatic carbocycles. The van der Waals surface area contributed by atoms with E-state index in [-0.39, 0.29) is 17.3 Å². The Morgan fingerprint density at radius 3 is 2.89 bits per heavy atom. The maximum atomic E-state index is 12.3. The molecular weight excluding hydrogens is 454 g/mol. The molecule has 0 spiro atoms. The summed E-state index contributed by atoms with van der Waals surface area (Å²) in [5.41, 5.74) is 1.42. The predicted molar refractivity (Wildman–Crippen MR) is 109 cm³/mol. The number of nitrogens with one attached hydrogen (secondary N) is 1. The SMILES string of the molecule is O=C(CSc1nnc2sc3ccccc3n12)Nc1ccc([N+](=O)[O-])cc1Br. The molecule has 136 valence electrons. The molecule has 4 rings (SSSR count). The van der Waals surface area contributed by atoms with Crippen LogP contribution in [0.5, 0.6) is 0 Å². The number of anilines is 1. The lowest BCUT2D eigenvalue weighted by atomic mass is 10.3. The van der Waals surface area contributed by atoms with Crippen LogP contribution in [0, 0.1) is 10.1 Å². The van der Waals surface area contributed by atoms with Gasteiger partial charge in [0.05, 0.1) is 26.6 Å².